The quantitative estimate of drug-likeness (QED) is 0.519. The molecule has 13 heavy (non-hydrogen) atoms. The van der Waals surface area contributed by atoms with Gasteiger partial charge in [0, 0.05) is 5.56 Å². The highest BCUT2D eigenvalue weighted by molar-refractivity contribution is 5.76. The molecule has 0 radical (unpaired) electrons. The minimum absolute atomic E-state index is 0. The van der Waals surface area contributed by atoms with Gasteiger partial charge in [-0.25, -0.2) is 4.79 Å². The molecule has 0 amide bonds. The van der Waals surface area contributed by atoms with Crippen LogP contribution >= 0.6 is 0 Å². The molecule has 5 heteroatoms. The fourth-order valence-corrected chi connectivity index (χ4v) is 0.794. The van der Waals surface area contributed by atoms with Crippen molar-refractivity contribution in [3.8, 4) is 0 Å². The van der Waals surface area contributed by atoms with Crippen molar-refractivity contribution in [2.24, 2.45) is 0 Å². The summed E-state index contributed by atoms with van der Waals surface area (Å²) in [5.74, 6) is -4.48. The Kier molecular flexibility index (Phi) is 3.55. The highest BCUT2D eigenvalue weighted by atomic mass is 16.5. The van der Waals surface area contributed by atoms with E-state index in [4.69, 9.17) is 15.3 Å². The molecule has 0 spiro atoms. The second-order valence-corrected chi connectivity index (χ2v) is 2.34. The average Bonchev–Trinajstić information content (AvgIpc) is 2.06. The molecule has 1 aromatic carbocycles. The minimum Gasteiger partial charge on any atom is -0.477 e. The maximum atomic E-state index is 10.3. The van der Waals surface area contributed by atoms with E-state index in [9.17, 15) is 4.79 Å². The Morgan fingerprint density at radius 3 is 2.00 bits per heavy atom. The van der Waals surface area contributed by atoms with Gasteiger partial charge in [-0.3, -0.25) is 0 Å². The summed E-state index contributed by atoms with van der Waals surface area (Å²) in [5.41, 5.74) is -0.0579. The Labute approximate surface area is 74.2 Å². The van der Waals surface area contributed by atoms with Crippen LogP contribution in [-0.2, 0) is 10.6 Å². The van der Waals surface area contributed by atoms with E-state index in [1.807, 2.05) is 0 Å². The topological polar surface area (TPSA) is 109 Å². The van der Waals surface area contributed by atoms with Gasteiger partial charge in [0.2, 0.25) is 0 Å². The second-order valence-electron chi connectivity index (χ2n) is 2.34. The van der Waals surface area contributed by atoms with Gasteiger partial charge < -0.3 is 20.8 Å². The molecular weight excluding hydrogens is 176 g/mol. The molecule has 0 aliphatic rings. The molecule has 0 heterocycles. The number of aliphatic hydroxyl groups is 2. The first-order valence-corrected chi connectivity index (χ1v) is 3.29. The maximum absolute atomic E-state index is 10.3. The second kappa shape index (κ2) is 3.99. The molecule has 5 nitrogen and oxygen atoms in total. The summed E-state index contributed by atoms with van der Waals surface area (Å²) < 4.78 is 0. The predicted molar refractivity (Wildman–Crippen MR) is 43.8 cm³/mol. The van der Waals surface area contributed by atoms with Crippen LogP contribution in [0.5, 0.6) is 0 Å². The Morgan fingerprint density at radius 1 is 1.15 bits per heavy atom. The van der Waals surface area contributed by atoms with Crippen molar-refractivity contribution in [2.45, 2.75) is 5.79 Å². The largest absolute Gasteiger partial charge is 0.477 e. The summed E-state index contributed by atoms with van der Waals surface area (Å²) in [6, 6.07) is 7.36. The molecule has 0 saturated carbocycles. The highest BCUT2D eigenvalue weighted by Gasteiger charge is 2.34. The summed E-state index contributed by atoms with van der Waals surface area (Å²) in [4.78, 5) is 10.3. The third kappa shape index (κ3) is 2.25. The molecule has 72 valence electrons. The van der Waals surface area contributed by atoms with Gasteiger partial charge in [0.15, 0.2) is 0 Å². The lowest BCUT2D eigenvalue weighted by Gasteiger charge is -2.15. The average molecular weight is 186 g/mol. The van der Waals surface area contributed by atoms with Gasteiger partial charge in [-0.05, 0) is 0 Å². The van der Waals surface area contributed by atoms with Crippen molar-refractivity contribution in [2.75, 3.05) is 0 Å². The van der Waals surface area contributed by atoms with Crippen LogP contribution in [0.3, 0.4) is 0 Å². The number of rotatable bonds is 2. The first kappa shape index (κ1) is 11.6. The fourth-order valence-electron chi connectivity index (χ4n) is 0.794. The first-order chi connectivity index (χ1) is 5.55. The van der Waals surface area contributed by atoms with Crippen molar-refractivity contribution in [1.82, 2.24) is 0 Å². The maximum Gasteiger partial charge on any atom is 0.369 e. The van der Waals surface area contributed by atoms with E-state index < -0.39 is 11.8 Å². The molecule has 5 N–H and O–H groups in total. The van der Waals surface area contributed by atoms with Gasteiger partial charge in [-0.1, -0.05) is 30.3 Å². The zero-order valence-electron chi connectivity index (χ0n) is 6.64. The summed E-state index contributed by atoms with van der Waals surface area (Å²) in [6.45, 7) is 0. The summed E-state index contributed by atoms with van der Waals surface area (Å²) >= 11 is 0. The van der Waals surface area contributed by atoms with E-state index in [2.05, 4.69) is 0 Å². The van der Waals surface area contributed by atoms with Crippen LogP contribution in [0.1, 0.15) is 5.56 Å². The molecule has 0 unspecified atom stereocenters. The molecule has 0 fully saturated rings. The number of carbonyl (C=O) groups is 1. The minimum atomic E-state index is -2.79. The number of carboxylic acids is 1. The molecule has 0 bridgehead atoms. The third-order valence-electron chi connectivity index (χ3n) is 1.47. The lowest BCUT2D eigenvalue weighted by atomic mass is 10.1. The zero-order valence-corrected chi connectivity index (χ0v) is 6.64. The smallest absolute Gasteiger partial charge is 0.369 e. The molecule has 1 rings (SSSR count). The Morgan fingerprint density at radius 2 is 1.62 bits per heavy atom. The number of aliphatic carboxylic acids is 1. The predicted octanol–water partition coefficient (Wildman–Crippen LogP) is -0.916. The van der Waals surface area contributed by atoms with Crippen molar-refractivity contribution in [1.29, 1.82) is 0 Å². The molecule has 1 aromatic rings. The van der Waals surface area contributed by atoms with E-state index in [0.29, 0.717) is 0 Å². The number of hydrogen-bond donors (Lipinski definition) is 3. The van der Waals surface area contributed by atoms with Crippen LogP contribution in [0.4, 0.5) is 0 Å². The van der Waals surface area contributed by atoms with Crippen LogP contribution in [0, 0.1) is 0 Å². The van der Waals surface area contributed by atoms with Gasteiger partial charge in [-0.2, -0.15) is 0 Å². The van der Waals surface area contributed by atoms with E-state index >= 15 is 0 Å². The lowest BCUT2D eigenvalue weighted by Crippen LogP contribution is -2.34. The summed E-state index contributed by atoms with van der Waals surface area (Å²) in [7, 11) is 0. The fraction of sp³-hybridized carbons (Fsp3) is 0.125. The van der Waals surface area contributed by atoms with Crippen molar-refractivity contribution in [3.63, 3.8) is 0 Å². The summed E-state index contributed by atoms with van der Waals surface area (Å²) in [5, 5.41) is 26.4. The SMILES string of the molecule is O.O=C(O)C(O)(O)c1ccccc1. The Hall–Kier alpha value is -1.43. The molecular formula is C8H10O5. The highest BCUT2D eigenvalue weighted by Crippen LogP contribution is 2.16. The van der Waals surface area contributed by atoms with Crippen molar-refractivity contribution < 1.29 is 25.6 Å². The molecule has 0 aliphatic heterocycles. The lowest BCUT2D eigenvalue weighted by molar-refractivity contribution is -0.208. The molecule has 0 atom stereocenters. The van der Waals surface area contributed by atoms with E-state index in [1.54, 1.807) is 6.07 Å². The normalized spacial score (nSPS) is 10.3. The Bertz CT molecular complexity index is 280. The number of hydrogen-bond acceptors (Lipinski definition) is 3. The van der Waals surface area contributed by atoms with Crippen molar-refractivity contribution >= 4 is 5.97 Å². The first-order valence-electron chi connectivity index (χ1n) is 3.29. The van der Waals surface area contributed by atoms with Crippen molar-refractivity contribution in [3.05, 3.63) is 35.9 Å². The standard InChI is InChI=1S/C8H8O4.H2O/c9-7(10)8(11,12)6-4-2-1-3-5-6;/h1-5,11-12H,(H,9,10);1H2. The zero-order chi connectivity index (χ0) is 9.19. The van der Waals surface area contributed by atoms with Crippen LogP contribution < -0.4 is 0 Å². The number of benzene rings is 1. The summed E-state index contributed by atoms with van der Waals surface area (Å²) in [6.07, 6.45) is 0. The number of carboxylic acid groups (broad SMARTS) is 1. The van der Waals surface area contributed by atoms with E-state index in [-0.39, 0.29) is 11.0 Å². The van der Waals surface area contributed by atoms with Gasteiger partial charge in [0.25, 0.3) is 5.79 Å². The van der Waals surface area contributed by atoms with Gasteiger partial charge >= 0.3 is 5.97 Å². The van der Waals surface area contributed by atoms with Crippen LogP contribution in [0.15, 0.2) is 30.3 Å². The molecule has 0 saturated heterocycles. The van der Waals surface area contributed by atoms with Crippen LogP contribution in [0.2, 0.25) is 0 Å². The van der Waals surface area contributed by atoms with Gasteiger partial charge in [-0.15, -0.1) is 0 Å². The van der Waals surface area contributed by atoms with Gasteiger partial charge in [0.1, 0.15) is 0 Å². The Balaban J connectivity index is 0.00000144. The van der Waals surface area contributed by atoms with E-state index in [0.717, 1.165) is 0 Å². The van der Waals surface area contributed by atoms with E-state index in [1.165, 1.54) is 24.3 Å². The third-order valence-corrected chi connectivity index (χ3v) is 1.47. The van der Waals surface area contributed by atoms with Crippen LogP contribution in [-0.4, -0.2) is 26.8 Å². The molecule has 0 aliphatic carbocycles. The van der Waals surface area contributed by atoms with Gasteiger partial charge in [0.05, 0.1) is 0 Å². The molecule has 0 aromatic heterocycles. The monoisotopic (exact) mass is 186 g/mol. The van der Waals surface area contributed by atoms with Crippen LogP contribution in [0.25, 0.3) is 0 Å².